The smallest absolute Gasteiger partial charge is 0.160 e. The molecule has 26 heavy (non-hydrogen) atoms. The van der Waals surface area contributed by atoms with Crippen LogP contribution in [0.5, 0.6) is 0 Å². The van der Waals surface area contributed by atoms with E-state index in [0.717, 1.165) is 68.1 Å². The van der Waals surface area contributed by atoms with E-state index in [-0.39, 0.29) is 5.41 Å². The number of nitrogens with one attached hydrogen (secondary N) is 1. The molecule has 2 aromatic rings. The van der Waals surface area contributed by atoms with Gasteiger partial charge in [0.1, 0.15) is 12.1 Å². The average molecular weight is 356 g/mol. The number of nitrogens with zero attached hydrogens (tertiary/aromatic N) is 3. The number of halogens is 2. The van der Waals surface area contributed by atoms with Gasteiger partial charge in [-0.1, -0.05) is 6.92 Å². The first-order valence-corrected chi connectivity index (χ1v) is 9.41. The van der Waals surface area contributed by atoms with Crippen LogP contribution in [-0.4, -0.2) is 29.6 Å². The molecule has 1 saturated heterocycles. The molecule has 4 nitrogen and oxygen atoms in total. The van der Waals surface area contributed by atoms with Crippen molar-refractivity contribution in [2.45, 2.75) is 43.9 Å². The van der Waals surface area contributed by atoms with Crippen molar-refractivity contribution in [2.75, 3.05) is 24.5 Å². The minimum Gasteiger partial charge on any atom is -0.325 e. The molecule has 1 spiro atoms. The number of aryl methyl sites for hydroxylation is 1. The Kier molecular flexibility index (Phi) is 3.54. The van der Waals surface area contributed by atoms with E-state index in [9.17, 15) is 8.78 Å². The van der Waals surface area contributed by atoms with Crippen LogP contribution in [0.3, 0.4) is 0 Å². The van der Waals surface area contributed by atoms with Crippen LogP contribution in [0.1, 0.15) is 48.9 Å². The van der Waals surface area contributed by atoms with Crippen molar-refractivity contribution in [2.24, 2.45) is 0 Å². The van der Waals surface area contributed by atoms with Crippen LogP contribution in [0.15, 0.2) is 18.5 Å². The van der Waals surface area contributed by atoms with Crippen LogP contribution >= 0.6 is 0 Å². The summed E-state index contributed by atoms with van der Waals surface area (Å²) in [6.45, 7) is 4.71. The Labute approximate surface area is 151 Å². The number of rotatable bonds is 1. The highest BCUT2D eigenvalue weighted by Crippen LogP contribution is 2.51. The van der Waals surface area contributed by atoms with Crippen LogP contribution in [-0.2, 0) is 11.8 Å². The van der Waals surface area contributed by atoms with Crippen molar-refractivity contribution in [1.82, 2.24) is 15.3 Å². The third-order valence-corrected chi connectivity index (χ3v) is 6.43. The first kappa shape index (κ1) is 16.1. The Morgan fingerprint density at radius 3 is 2.73 bits per heavy atom. The maximum absolute atomic E-state index is 14.1. The molecule has 2 aliphatic heterocycles. The van der Waals surface area contributed by atoms with Crippen molar-refractivity contribution in [3.05, 3.63) is 46.9 Å². The normalized spacial score (nSPS) is 23.3. The SMILES string of the molecule is CC1CCc2ncnc(N3CC4(CCNCC4)c4cc(F)c(F)cc43)c21. The first-order valence-electron chi connectivity index (χ1n) is 9.41. The predicted octanol–water partition coefficient (Wildman–Crippen LogP) is 3.58. The van der Waals surface area contributed by atoms with Crippen molar-refractivity contribution in [3.8, 4) is 0 Å². The molecular weight excluding hydrogens is 334 g/mol. The quantitative estimate of drug-likeness (QED) is 0.848. The largest absolute Gasteiger partial charge is 0.325 e. The Morgan fingerprint density at radius 2 is 1.92 bits per heavy atom. The number of benzene rings is 1. The maximum atomic E-state index is 14.1. The monoisotopic (exact) mass is 356 g/mol. The number of hydrogen-bond donors (Lipinski definition) is 1. The second-order valence-corrected chi connectivity index (χ2v) is 7.90. The van der Waals surface area contributed by atoms with E-state index in [1.807, 2.05) is 0 Å². The van der Waals surface area contributed by atoms with Gasteiger partial charge in [0.2, 0.25) is 0 Å². The molecule has 5 rings (SSSR count). The molecule has 3 aliphatic rings. The van der Waals surface area contributed by atoms with E-state index in [2.05, 4.69) is 27.1 Å². The van der Waals surface area contributed by atoms with Crippen LogP contribution in [0, 0.1) is 11.6 Å². The molecule has 1 unspecified atom stereocenters. The summed E-state index contributed by atoms with van der Waals surface area (Å²) in [6.07, 6.45) is 5.47. The Bertz CT molecular complexity index is 876. The molecule has 0 amide bonds. The van der Waals surface area contributed by atoms with E-state index in [0.29, 0.717) is 5.92 Å². The molecule has 6 heteroatoms. The molecule has 0 radical (unpaired) electrons. The summed E-state index contributed by atoms with van der Waals surface area (Å²) in [5.41, 5.74) is 3.82. The summed E-state index contributed by atoms with van der Waals surface area (Å²) in [6, 6.07) is 2.77. The summed E-state index contributed by atoms with van der Waals surface area (Å²) in [7, 11) is 0. The van der Waals surface area contributed by atoms with Crippen molar-refractivity contribution >= 4 is 11.5 Å². The zero-order valence-electron chi connectivity index (χ0n) is 14.9. The summed E-state index contributed by atoms with van der Waals surface area (Å²) in [5, 5.41) is 3.38. The number of hydrogen-bond acceptors (Lipinski definition) is 4. The maximum Gasteiger partial charge on any atom is 0.160 e. The topological polar surface area (TPSA) is 41.1 Å². The molecule has 136 valence electrons. The summed E-state index contributed by atoms with van der Waals surface area (Å²) < 4.78 is 28.2. The van der Waals surface area contributed by atoms with Crippen molar-refractivity contribution in [1.29, 1.82) is 0 Å². The van der Waals surface area contributed by atoms with E-state index in [1.54, 1.807) is 6.33 Å². The molecule has 0 saturated carbocycles. The molecular formula is C20H22F2N4. The van der Waals surface area contributed by atoms with Gasteiger partial charge in [-0.15, -0.1) is 0 Å². The molecule has 1 fully saturated rings. The zero-order valence-corrected chi connectivity index (χ0v) is 14.9. The second-order valence-electron chi connectivity index (χ2n) is 7.90. The van der Waals surface area contributed by atoms with Crippen LogP contribution < -0.4 is 10.2 Å². The fourth-order valence-electron chi connectivity index (χ4n) is 5.02. The van der Waals surface area contributed by atoms with Gasteiger partial charge in [-0.3, -0.25) is 0 Å². The summed E-state index contributed by atoms with van der Waals surface area (Å²) in [4.78, 5) is 11.2. The summed E-state index contributed by atoms with van der Waals surface area (Å²) in [5.74, 6) is -0.287. The lowest BCUT2D eigenvalue weighted by Gasteiger charge is -2.35. The van der Waals surface area contributed by atoms with Gasteiger partial charge >= 0.3 is 0 Å². The van der Waals surface area contributed by atoms with Gasteiger partial charge in [0.05, 0.1) is 0 Å². The van der Waals surface area contributed by atoms with Crippen LogP contribution in [0.25, 0.3) is 0 Å². The molecule has 1 aliphatic carbocycles. The molecule has 1 aromatic heterocycles. The lowest BCUT2D eigenvalue weighted by molar-refractivity contribution is 0.328. The highest BCUT2D eigenvalue weighted by atomic mass is 19.2. The highest BCUT2D eigenvalue weighted by molar-refractivity contribution is 5.73. The minimum atomic E-state index is -0.793. The standard InChI is InChI=1S/C20H22F2N4/c1-12-2-3-16-18(12)19(25-11-24-16)26-10-20(4-6-23-7-5-20)13-8-14(21)15(22)9-17(13)26/h8-9,11-12,23H,2-7,10H2,1H3. The number of piperidine rings is 1. The average Bonchev–Trinajstić information content (AvgIpc) is 3.16. The fraction of sp³-hybridized carbons (Fsp3) is 0.500. The predicted molar refractivity (Wildman–Crippen MR) is 95.9 cm³/mol. The third kappa shape index (κ3) is 2.21. The molecule has 1 atom stereocenters. The van der Waals surface area contributed by atoms with E-state index in [1.165, 1.54) is 17.7 Å². The molecule has 1 aromatic carbocycles. The van der Waals surface area contributed by atoms with Crippen LogP contribution in [0.4, 0.5) is 20.3 Å². The second kappa shape index (κ2) is 5.71. The fourth-order valence-corrected chi connectivity index (χ4v) is 5.02. The van der Waals surface area contributed by atoms with Gasteiger partial charge in [-0.25, -0.2) is 18.7 Å². The van der Waals surface area contributed by atoms with Gasteiger partial charge < -0.3 is 10.2 Å². The van der Waals surface area contributed by atoms with E-state index >= 15 is 0 Å². The van der Waals surface area contributed by atoms with E-state index < -0.39 is 11.6 Å². The van der Waals surface area contributed by atoms with Gasteiger partial charge in [0.25, 0.3) is 0 Å². The Morgan fingerprint density at radius 1 is 1.15 bits per heavy atom. The van der Waals surface area contributed by atoms with Gasteiger partial charge in [0.15, 0.2) is 11.6 Å². The van der Waals surface area contributed by atoms with Crippen molar-refractivity contribution < 1.29 is 8.78 Å². The molecule has 1 N–H and O–H groups in total. The zero-order chi connectivity index (χ0) is 17.9. The van der Waals surface area contributed by atoms with Crippen molar-refractivity contribution in [3.63, 3.8) is 0 Å². The van der Waals surface area contributed by atoms with Gasteiger partial charge in [-0.05, 0) is 56.3 Å². The van der Waals surface area contributed by atoms with Gasteiger partial charge in [-0.2, -0.15) is 0 Å². The Balaban J connectivity index is 1.69. The molecule has 0 bridgehead atoms. The summed E-state index contributed by atoms with van der Waals surface area (Å²) >= 11 is 0. The number of anilines is 2. The lowest BCUT2D eigenvalue weighted by Crippen LogP contribution is -2.42. The minimum absolute atomic E-state index is 0.144. The number of fused-ring (bicyclic) bond motifs is 3. The highest BCUT2D eigenvalue weighted by Gasteiger charge is 2.46. The molecule has 3 heterocycles. The Hall–Kier alpha value is -2.08. The first-order chi connectivity index (χ1) is 12.6. The van der Waals surface area contributed by atoms with Crippen LogP contribution in [0.2, 0.25) is 0 Å². The lowest BCUT2D eigenvalue weighted by atomic mass is 9.75. The van der Waals surface area contributed by atoms with Gasteiger partial charge in [0, 0.05) is 35.0 Å². The van der Waals surface area contributed by atoms with E-state index in [4.69, 9.17) is 0 Å². The number of aromatic nitrogens is 2. The third-order valence-electron chi connectivity index (χ3n) is 6.43.